The number of hydrogen-bond donors (Lipinski definition) is 0. The predicted molar refractivity (Wildman–Crippen MR) is 44.7 cm³/mol. The third kappa shape index (κ3) is 2.99. The second kappa shape index (κ2) is 4.18. The lowest BCUT2D eigenvalue weighted by Gasteiger charge is -2.01. The number of ether oxygens (including phenoxy) is 1. The standard InChI is InChI=1S/C8H7ClFNO2/c1-5(12)13-4-6-2-7(9)8(10)3-11-6/h2-3H,4H2,1H3. The summed E-state index contributed by atoms with van der Waals surface area (Å²) < 4.78 is 17.2. The topological polar surface area (TPSA) is 39.2 Å². The zero-order valence-corrected chi connectivity index (χ0v) is 7.64. The lowest BCUT2D eigenvalue weighted by molar-refractivity contribution is -0.142. The van der Waals surface area contributed by atoms with Crippen LogP contribution >= 0.6 is 11.6 Å². The second-order valence-corrected chi connectivity index (χ2v) is 2.78. The Balaban J connectivity index is 2.68. The Morgan fingerprint density at radius 2 is 2.46 bits per heavy atom. The highest BCUT2D eigenvalue weighted by Crippen LogP contribution is 2.14. The molecule has 0 bridgehead atoms. The molecule has 13 heavy (non-hydrogen) atoms. The summed E-state index contributed by atoms with van der Waals surface area (Å²) in [6, 6.07) is 1.32. The molecule has 0 N–H and O–H groups in total. The van der Waals surface area contributed by atoms with E-state index in [4.69, 9.17) is 11.6 Å². The fraction of sp³-hybridized carbons (Fsp3) is 0.250. The van der Waals surface area contributed by atoms with Crippen molar-refractivity contribution in [1.82, 2.24) is 4.98 Å². The Hall–Kier alpha value is -1.16. The van der Waals surface area contributed by atoms with Crippen LogP contribution < -0.4 is 0 Å². The molecule has 5 heteroatoms. The highest BCUT2D eigenvalue weighted by molar-refractivity contribution is 6.30. The summed E-state index contributed by atoms with van der Waals surface area (Å²) in [6.07, 6.45) is 0.987. The molecule has 0 amide bonds. The van der Waals surface area contributed by atoms with Gasteiger partial charge in [0.25, 0.3) is 0 Å². The van der Waals surface area contributed by atoms with Gasteiger partial charge in [-0.2, -0.15) is 0 Å². The molecular formula is C8H7ClFNO2. The van der Waals surface area contributed by atoms with Gasteiger partial charge in [-0.05, 0) is 6.07 Å². The molecular weight excluding hydrogens is 197 g/mol. The number of carbonyl (C=O) groups excluding carboxylic acids is 1. The van der Waals surface area contributed by atoms with Crippen LogP contribution in [-0.2, 0) is 16.1 Å². The van der Waals surface area contributed by atoms with Crippen molar-refractivity contribution in [1.29, 1.82) is 0 Å². The molecule has 1 aromatic rings. The summed E-state index contributed by atoms with van der Waals surface area (Å²) in [5.74, 6) is -1.00. The number of halogens is 2. The Morgan fingerprint density at radius 1 is 1.77 bits per heavy atom. The fourth-order valence-corrected chi connectivity index (χ4v) is 0.883. The van der Waals surface area contributed by atoms with E-state index in [2.05, 4.69) is 9.72 Å². The van der Waals surface area contributed by atoms with Gasteiger partial charge in [-0.1, -0.05) is 11.6 Å². The first-order valence-electron chi connectivity index (χ1n) is 3.53. The molecule has 70 valence electrons. The van der Waals surface area contributed by atoms with Crippen LogP contribution in [0.4, 0.5) is 4.39 Å². The maximum atomic E-state index is 12.6. The monoisotopic (exact) mass is 203 g/mol. The molecule has 0 aromatic carbocycles. The summed E-state index contributed by atoms with van der Waals surface area (Å²) in [7, 11) is 0. The Morgan fingerprint density at radius 3 is 3.00 bits per heavy atom. The zero-order chi connectivity index (χ0) is 9.84. The van der Waals surface area contributed by atoms with Crippen molar-refractivity contribution < 1.29 is 13.9 Å². The molecule has 3 nitrogen and oxygen atoms in total. The number of rotatable bonds is 2. The lowest BCUT2D eigenvalue weighted by Crippen LogP contribution is -2.00. The molecule has 0 saturated carbocycles. The molecule has 0 aliphatic heterocycles. The number of aromatic nitrogens is 1. The number of carbonyl (C=O) groups is 1. The normalized spacial score (nSPS) is 9.77. The number of nitrogens with zero attached hydrogens (tertiary/aromatic N) is 1. The van der Waals surface area contributed by atoms with Crippen molar-refractivity contribution in [3.63, 3.8) is 0 Å². The summed E-state index contributed by atoms with van der Waals surface area (Å²) in [4.78, 5) is 14.1. The summed E-state index contributed by atoms with van der Waals surface area (Å²) >= 11 is 5.47. The first kappa shape index (κ1) is 9.92. The molecule has 0 spiro atoms. The van der Waals surface area contributed by atoms with E-state index < -0.39 is 11.8 Å². The lowest BCUT2D eigenvalue weighted by atomic mass is 10.3. The fourth-order valence-electron chi connectivity index (χ4n) is 0.708. The van der Waals surface area contributed by atoms with Crippen molar-refractivity contribution in [2.45, 2.75) is 13.5 Å². The first-order valence-corrected chi connectivity index (χ1v) is 3.90. The van der Waals surface area contributed by atoms with E-state index in [1.54, 1.807) is 0 Å². The first-order chi connectivity index (χ1) is 6.09. The van der Waals surface area contributed by atoms with Crippen LogP contribution in [-0.4, -0.2) is 11.0 Å². The Kier molecular flexibility index (Phi) is 3.19. The maximum Gasteiger partial charge on any atom is 0.303 e. The van der Waals surface area contributed by atoms with Gasteiger partial charge in [-0.3, -0.25) is 9.78 Å². The van der Waals surface area contributed by atoms with Crippen molar-refractivity contribution in [2.24, 2.45) is 0 Å². The number of hydrogen-bond acceptors (Lipinski definition) is 3. The molecule has 0 fully saturated rings. The highest BCUT2D eigenvalue weighted by atomic mass is 35.5. The van der Waals surface area contributed by atoms with Gasteiger partial charge in [0.05, 0.1) is 16.9 Å². The van der Waals surface area contributed by atoms with Gasteiger partial charge in [-0.15, -0.1) is 0 Å². The van der Waals surface area contributed by atoms with Crippen LogP contribution in [0.2, 0.25) is 5.02 Å². The van der Waals surface area contributed by atoms with E-state index in [1.807, 2.05) is 0 Å². The summed E-state index contributed by atoms with van der Waals surface area (Å²) in [5, 5.41) is -0.0304. The number of pyridine rings is 1. The Bertz CT molecular complexity index is 330. The third-order valence-electron chi connectivity index (χ3n) is 1.29. The van der Waals surface area contributed by atoms with Gasteiger partial charge in [0, 0.05) is 6.92 Å². The van der Waals surface area contributed by atoms with E-state index in [0.29, 0.717) is 5.69 Å². The molecule has 1 aromatic heterocycles. The van der Waals surface area contributed by atoms with Gasteiger partial charge in [0.2, 0.25) is 0 Å². The summed E-state index contributed by atoms with van der Waals surface area (Å²) in [6.45, 7) is 1.29. The molecule has 1 rings (SSSR count). The van der Waals surface area contributed by atoms with Gasteiger partial charge >= 0.3 is 5.97 Å². The highest BCUT2D eigenvalue weighted by Gasteiger charge is 2.03. The molecule has 0 aliphatic rings. The van der Waals surface area contributed by atoms with Crippen LogP contribution in [0.3, 0.4) is 0 Å². The molecule has 0 atom stereocenters. The van der Waals surface area contributed by atoms with E-state index >= 15 is 0 Å². The summed E-state index contributed by atoms with van der Waals surface area (Å²) in [5.41, 5.74) is 0.418. The van der Waals surface area contributed by atoms with Crippen LogP contribution in [0, 0.1) is 5.82 Å². The van der Waals surface area contributed by atoms with E-state index in [9.17, 15) is 9.18 Å². The van der Waals surface area contributed by atoms with E-state index in [-0.39, 0.29) is 11.6 Å². The second-order valence-electron chi connectivity index (χ2n) is 2.37. The van der Waals surface area contributed by atoms with Crippen LogP contribution in [0.25, 0.3) is 0 Å². The van der Waals surface area contributed by atoms with Crippen molar-refractivity contribution in [2.75, 3.05) is 0 Å². The average Bonchev–Trinajstić information content (AvgIpc) is 2.07. The zero-order valence-electron chi connectivity index (χ0n) is 6.88. The molecule has 1 heterocycles. The van der Waals surface area contributed by atoms with Gasteiger partial charge < -0.3 is 4.74 Å². The van der Waals surface area contributed by atoms with Crippen molar-refractivity contribution in [3.05, 3.63) is 28.8 Å². The minimum Gasteiger partial charge on any atom is -0.459 e. The predicted octanol–water partition coefficient (Wildman–Crippen LogP) is 1.94. The SMILES string of the molecule is CC(=O)OCc1cc(Cl)c(F)cn1. The minimum atomic E-state index is -0.590. The molecule has 0 saturated heterocycles. The number of esters is 1. The van der Waals surface area contributed by atoms with E-state index in [0.717, 1.165) is 6.20 Å². The smallest absolute Gasteiger partial charge is 0.303 e. The van der Waals surface area contributed by atoms with Gasteiger partial charge in [0.15, 0.2) is 5.82 Å². The van der Waals surface area contributed by atoms with Crippen molar-refractivity contribution >= 4 is 17.6 Å². The molecule has 0 aliphatic carbocycles. The largest absolute Gasteiger partial charge is 0.459 e. The maximum absolute atomic E-state index is 12.6. The van der Waals surface area contributed by atoms with Crippen LogP contribution in [0.1, 0.15) is 12.6 Å². The average molecular weight is 204 g/mol. The minimum absolute atomic E-state index is 0.00926. The van der Waals surface area contributed by atoms with E-state index in [1.165, 1.54) is 13.0 Å². The quantitative estimate of drug-likeness (QED) is 0.690. The molecule has 0 radical (unpaired) electrons. The third-order valence-corrected chi connectivity index (χ3v) is 1.58. The Labute approximate surface area is 79.5 Å². The van der Waals surface area contributed by atoms with Gasteiger partial charge in [0.1, 0.15) is 6.61 Å². The van der Waals surface area contributed by atoms with Crippen LogP contribution in [0.5, 0.6) is 0 Å². The van der Waals surface area contributed by atoms with Crippen molar-refractivity contribution in [3.8, 4) is 0 Å². The van der Waals surface area contributed by atoms with Gasteiger partial charge in [-0.25, -0.2) is 4.39 Å². The van der Waals surface area contributed by atoms with Crippen LogP contribution in [0.15, 0.2) is 12.3 Å². The molecule has 0 unspecified atom stereocenters.